The molecule has 0 aliphatic heterocycles. The molecule has 1 aromatic rings. The highest BCUT2D eigenvalue weighted by molar-refractivity contribution is 6.31. The van der Waals surface area contributed by atoms with E-state index in [0.717, 1.165) is 25.7 Å². The summed E-state index contributed by atoms with van der Waals surface area (Å²) < 4.78 is 5.64. The zero-order chi connectivity index (χ0) is 14.5. The van der Waals surface area contributed by atoms with Crippen LogP contribution in [0.15, 0.2) is 24.3 Å². The van der Waals surface area contributed by atoms with Gasteiger partial charge in [-0.05, 0) is 43.2 Å². The number of ether oxygens (including phenoxy) is 1. The molecule has 0 aromatic heterocycles. The van der Waals surface area contributed by atoms with Gasteiger partial charge in [-0.15, -0.1) is 0 Å². The lowest BCUT2D eigenvalue weighted by atomic mass is 9.84. The summed E-state index contributed by atoms with van der Waals surface area (Å²) in [6.07, 6.45) is 5.47. The molecule has 0 radical (unpaired) electrons. The number of carbonyl (C=O) groups excluding carboxylic acids is 1. The van der Waals surface area contributed by atoms with Gasteiger partial charge in [0.1, 0.15) is 12.1 Å². The van der Waals surface area contributed by atoms with Crippen LogP contribution in [0.3, 0.4) is 0 Å². The SMILES string of the molecule is CCC1CCCCC1OC(=O)[C@H](N)c1ccccc1Cl. The van der Waals surface area contributed by atoms with Gasteiger partial charge >= 0.3 is 5.97 Å². The van der Waals surface area contributed by atoms with Crippen LogP contribution >= 0.6 is 11.6 Å². The Morgan fingerprint density at radius 2 is 2.10 bits per heavy atom. The van der Waals surface area contributed by atoms with Gasteiger partial charge in [0.2, 0.25) is 0 Å². The van der Waals surface area contributed by atoms with E-state index in [4.69, 9.17) is 22.1 Å². The van der Waals surface area contributed by atoms with Gasteiger partial charge in [-0.1, -0.05) is 43.1 Å². The topological polar surface area (TPSA) is 52.3 Å². The summed E-state index contributed by atoms with van der Waals surface area (Å²) in [4.78, 5) is 12.2. The first-order valence-electron chi connectivity index (χ1n) is 7.34. The Labute approximate surface area is 125 Å². The van der Waals surface area contributed by atoms with Crippen LogP contribution in [0, 0.1) is 5.92 Å². The lowest BCUT2D eigenvalue weighted by Crippen LogP contribution is -2.34. The predicted molar refractivity (Wildman–Crippen MR) is 80.5 cm³/mol. The van der Waals surface area contributed by atoms with Crippen LogP contribution in [-0.2, 0) is 9.53 Å². The number of nitrogens with two attached hydrogens (primary N) is 1. The first kappa shape index (κ1) is 15.3. The highest BCUT2D eigenvalue weighted by Crippen LogP contribution is 2.30. The van der Waals surface area contributed by atoms with Gasteiger partial charge in [0.25, 0.3) is 0 Å². The molecule has 1 aromatic carbocycles. The Hall–Kier alpha value is -1.06. The summed E-state index contributed by atoms with van der Waals surface area (Å²) in [6, 6.07) is 6.34. The van der Waals surface area contributed by atoms with Crippen LogP contribution < -0.4 is 5.73 Å². The number of hydrogen-bond acceptors (Lipinski definition) is 3. The second kappa shape index (κ2) is 7.09. The summed E-state index contributed by atoms with van der Waals surface area (Å²) in [5.41, 5.74) is 6.61. The predicted octanol–water partition coefficient (Wildman–Crippen LogP) is 3.85. The molecule has 0 heterocycles. The van der Waals surface area contributed by atoms with Gasteiger partial charge in [-0.3, -0.25) is 0 Å². The summed E-state index contributed by atoms with van der Waals surface area (Å²) in [6.45, 7) is 2.14. The molecule has 110 valence electrons. The van der Waals surface area contributed by atoms with E-state index in [1.807, 2.05) is 12.1 Å². The fourth-order valence-corrected chi connectivity index (χ4v) is 3.13. The third-order valence-corrected chi connectivity index (χ3v) is 4.47. The number of hydrogen-bond donors (Lipinski definition) is 1. The van der Waals surface area contributed by atoms with Gasteiger partial charge in [0, 0.05) is 5.02 Å². The van der Waals surface area contributed by atoms with Crippen molar-refractivity contribution in [1.82, 2.24) is 0 Å². The molecule has 0 bridgehead atoms. The van der Waals surface area contributed by atoms with Crippen LogP contribution in [-0.4, -0.2) is 12.1 Å². The lowest BCUT2D eigenvalue weighted by Gasteiger charge is -2.31. The van der Waals surface area contributed by atoms with Crippen molar-refractivity contribution in [1.29, 1.82) is 0 Å². The maximum absolute atomic E-state index is 12.2. The first-order valence-corrected chi connectivity index (χ1v) is 7.71. The zero-order valence-electron chi connectivity index (χ0n) is 11.8. The van der Waals surface area contributed by atoms with Crippen molar-refractivity contribution in [2.45, 2.75) is 51.2 Å². The summed E-state index contributed by atoms with van der Waals surface area (Å²) >= 11 is 6.07. The Balaban J connectivity index is 2.02. The summed E-state index contributed by atoms with van der Waals surface area (Å²) in [5.74, 6) is 0.0922. The monoisotopic (exact) mass is 295 g/mol. The maximum Gasteiger partial charge on any atom is 0.327 e. The molecule has 3 nitrogen and oxygen atoms in total. The van der Waals surface area contributed by atoms with Crippen molar-refractivity contribution in [2.24, 2.45) is 11.7 Å². The highest BCUT2D eigenvalue weighted by atomic mass is 35.5. The quantitative estimate of drug-likeness (QED) is 0.858. The van der Waals surface area contributed by atoms with E-state index >= 15 is 0 Å². The normalized spacial score (nSPS) is 24.1. The molecule has 20 heavy (non-hydrogen) atoms. The largest absolute Gasteiger partial charge is 0.461 e. The molecule has 3 atom stereocenters. The third-order valence-electron chi connectivity index (χ3n) is 4.13. The molecule has 4 heteroatoms. The van der Waals surface area contributed by atoms with Gasteiger partial charge in [0.05, 0.1) is 0 Å². The van der Waals surface area contributed by atoms with Crippen molar-refractivity contribution in [3.63, 3.8) is 0 Å². The summed E-state index contributed by atoms with van der Waals surface area (Å²) in [5, 5.41) is 0.507. The van der Waals surface area contributed by atoms with E-state index < -0.39 is 6.04 Å². The minimum Gasteiger partial charge on any atom is -0.461 e. The molecule has 2 rings (SSSR count). The fourth-order valence-electron chi connectivity index (χ4n) is 2.87. The van der Waals surface area contributed by atoms with E-state index in [1.165, 1.54) is 6.42 Å². The second-order valence-electron chi connectivity index (χ2n) is 5.43. The average Bonchev–Trinajstić information content (AvgIpc) is 2.47. The van der Waals surface area contributed by atoms with Gasteiger partial charge in [-0.25, -0.2) is 4.79 Å². The minimum absolute atomic E-state index is 0.00906. The fraction of sp³-hybridized carbons (Fsp3) is 0.562. The number of benzene rings is 1. The maximum atomic E-state index is 12.2. The molecular weight excluding hydrogens is 274 g/mol. The molecular formula is C16H22ClNO2. The first-order chi connectivity index (χ1) is 9.63. The van der Waals surface area contributed by atoms with Gasteiger partial charge < -0.3 is 10.5 Å². The second-order valence-corrected chi connectivity index (χ2v) is 5.83. The number of carbonyl (C=O) groups is 1. The van der Waals surface area contributed by atoms with E-state index in [9.17, 15) is 4.79 Å². The van der Waals surface area contributed by atoms with E-state index in [1.54, 1.807) is 12.1 Å². The summed E-state index contributed by atoms with van der Waals surface area (Å²) in [7, 11) is 0. The molecule has 0 spiro atoms. The third kappa shape index (κ3) is 3.53. The molecule has 2 N–H and O–H groups in total. The van der Waals surface area contributed by atoms with Crippen molar-refractivity contribution >= 4 is 17.6 Å². The molecule has 1 fully saturated rings. The zero-order valence-corrected chi connectivity index (χ0v) is 12.6. The van der Waals surface area contributed by atoms with Crippen LogP contribution in [0.1, 0.15) is 50.6 Å². The van der Waals surface area contributed by atoms with E-state index in [2.05, 4.69) is 6.92 Å². The van der Waals surface area contributed by atoms with Crippen molar-refractivity contribution in [2.75, 3.05) is 0 Å². The Morgan fingerprint density at radius 3 is 2.80 bits per heavy atom. The van der Waals surface area contributed by atoms with Crippen LogP contribution in [0.5, 0.6) is 0 Å². The van der Waals surface area contributed by atoms with Crippen LogP contribution in [0.4, 0.5) is 0 Å². The highest BCUT2D eigenvalue weighted by Gasteiger charge is 2.29. The Kier molecular flexibility index (Phi) is 5.44. The molecule has 1 aliphatic rings. The number of esters is 1. The lowest BCUT2D eigenvalue weighted by molar-refractivity contribution is -0.155. The standard InChI is InChI=1S/C16H22ClNO2/c1-2-11-7-3-6-10-14(11)20-16(19)15(18)12-8-4-5-9-13(12)17/h4-5,8-9,11,14-15H,2-3,6-7,10,18H2,1H3/t11?,14?,15-/m1/s1. The number of rotatable bonds is 4. The average molecular weight is 296 g/mol. The van der Waals surface area contributed by atoms with Crippen molar-refractivity contribution in [3.8, 4) is 0 Å². The van der Waals surface area contributed by atoms with Crippen LogP contribution in [0.2, 0.25) is 5.02 Å². The molecule has 1 saturated carbocycles. The smallest absolute Gasteiger partial charge is 0.327 e. The van der Waals surface area contributed by atoms with Crippen molar-refractivity contribution in [3.05, 3.63) is 34.9 Å². The molecule has 1 aliphatic carbocycles. The van der Waals surface area contributed by atoms with E-state index in [-0.39, 0.29) is 12.1 Å². The van der Waals surface area contributed by atoms with E-state index in [0.29, 0.717) is 16.5 Å². The van der Waals surface area contributed by atoms with Crippen LogP contribution in [0.25, 0.3) is 0 Å². The van der Waals surface area contributed by atoms with Gasteiger partial charge in [0.15, 0.2) is 0 Å². The number of halogens is 1. The van der Waals surface area contributed by atoms with Gasteiger partial charge in [-0.2, -0.15) is 0 Å². The van der Waals surface area contributed by atoms with Crippen molar-refractivity contribution < 1.29 is 9.53 Å². The minimum atomic E-state index is -0.803. The Bertz CT molecular complexity index is 464. The molecule has 0 saturated heterocycles. The Morgan fingerprint density at radius 1 is 1.40 bits per heavy atom. The molecule has 0 amide bonds. The molecule has 2 unspecified atom stereocenters.